The van der Waals surface area contributed by atoms with Crippen LogP contribution < -0.4 is 10.6 Å². The summed E-state index contributed by atoms with van der Waals surface area (Å²) < 4.78 is 3.97. The molecule has 2 aromatic rings. The smallest absolute Gasteiger partial charge is 0.314 e. The molecule has 0 aliphatic carbocycles. The maximum atomic E-state index is 11.9. The summed E-state index contributed by atoms with van der Waals surface area (Å²) in [6.45, 7) is 13.1. The second-order valence-corrected chi connectivity index (χ2v) is 6.85. The SMILES string of the molecule is Cc1cc(C)n(CCCNC(=O)NCC(C)Cn2nc(C)cc2C)n1. The molecule has 2 heterocycles. The molecule has 7 nitrogen and oxygen atoms in total. The standard InChI is InChI=1S/C18H30N6O/c1-13(12-24-17(5)10-15(3)22-24)11-20-18(25)19-7-6-8-23-16(4)9-14(2)21-23/h9-10,13H,6-8,11-12H2,1-5H3,(H2,19,20,25). The lowest BCUT2D eigenvalue weighted by Crippen LogP contribution is -2.39. The summed E-state index contributed by atoms with van der Waals surface area (Å²) in [6, 6.07) is 4.01. The Balaban J connectivity index is 1.61. The number of hydrogen-bond acceptors (Lipinski definition) is 3. The van der Waals surface area contributed by atoms with E-state index in [1.54, 1.807) is 0 Å². The first-order valence-electron chi connectivity index (χ1n) is 8.89. The molecule has 0 aliphatic heterocycles. The van der Waals surface area contributed by atoms with Gasteiger partial charge in [-0.05, 0) is 52.2 Å². The van der Waals surface area contributed by atoms with Crippen LogP contribution in [0, 0.1) is 33.6 Å². The average Bonchev–Trinajstić information content (AvgIpc) is 3.02. The summed E-state index contributed by atoms with van der Waals surface area (Å²) in [4.78, 5) is 11.9. The van der Waals surface area contributed by atoms with E-state index in [4.69, 9.17) is 0 Å². The van der Waals surface area contributed by atoms with Gasteiger partial charge in [0, 0.05) is 37.6 Å². The van der Waals surface area contributed by atoms with Gasteiger partial charge in [0.25, 0.3) is 0 Å². The Bertz CT molecular complexity index is 702. The number of hydrogen-bond donors (Lipinski definition) is 2. The van der Waals surface area contributed by atoms with E-state index < -0.39 is 0 Å². The lowest BCUT2D eigenvalue weighted by Gasteiger charge is -2.14. The van der Waals surface area contributed by atoms with Crippen LogP contribution in [0.1, 0.15) is 36.1 Å². The van der Waals surface area contributed by atoms with E-state index in [2.05, 4.69) is 46.8 Å². The van der Waals surface area contributed by atoms with Crippen molar-refractivity contribution in [1.29, 1.82) is 0 Å². The molecule has 1 unspecified atom stereocenters. The Morgan fingerprint density at radius 1 is 1.04 bits per heavy atom. The third kappa shape index (κ3) is 5.92. The Labute approximate surface area is 149 Å². The molecule has 2 aromatic heterocycles. The van der Waals surface area contributed by atoms with Crippen LogP contribution in [-0.4, -0.2) is 38.7 Å². The Morgan fingerprint density at radius 2 is 1.64 bits per heavy atom. The minimum Gasteiger partial charge on any atom is -0.338 e. The minimum atomic E-state index is -0.117. The molecule has 138 valence electrons. The summed E-state index contributed by atoms with van der Waals surface area (Å²) in [6.07, 6.45) is 0.858. The number of amides is 2. The molecular formula is C18H30N6O. The topological polar surface area (TPSA) is 76.8 Å². The van der Waals surface area contributed by atoms with Gasteiger partial charge in [-0.25, -0.2) is 4.79 Å². The van der Waals surface area contributed by atoms with Crippen LogP contribution >= 0.6 is 0 Å². The number of nitrogens with one attached hydrogen (secondary N) is 2. The zero-order valence-electron chi connectivity index (χ0n) is 16.0. The van der Waals surface area contributed by atoms with E-state index in [1.807, 2.05) is 30.1 Å². The van der Waals surface area contributed by atoms with Gasteiger partial charge in [-0.15, -0.1) is 0 Å². The van der Waals surface area contributed by atoms with Crippen molar-refractivity contribution < 1.29 is 4.79 Å². The maximum absolute atomic E-state index is 11.9. The lowest BCUT2D eigenvalue weighted by molar-refractivity contribution is 0.238. The highest BCUT2D eigenvalue weighted by molar-refractivity contribution is 5.73. The predicted molar refractivity (Wildman–Crippen MR) is 98.6 cm³/mol. The monoisotopic (exact) mass is 346 g/mol. The van der Waals surface area contributed by atoms with E-state index in [-0.39, 0.29) is 6.03 Å². The number of carbonyl (C=O) groups is 1. The van der Waals surface area contributed by atoms with E-state index in [9.17, 15) is 4.79 Å². The molecule has 0 radical (unpaired) electrons. The molecule has 1 atom stereocenters. The zero-order valence-corrected chi connectivity index (χ0v) is 16.0. The van der Waals surface area contributed by atoms with Gasteiger partial charge in [-0.3, -0.25) is 9.36 Å². The normalized spacial score (nSPS) is 12.2. The van der Waals surface area contributed by atoms with Crippen LogP contribution in [0.15, 0.2) is 12.1 Å². The Morgan fingerprint density at radius 3 is 2.20 bits per heavy atom. The highest BCUT2D eigenvalue weighted by Crippen LogP contribution is 2.06. The molecule has 7 heteroatoms. The molecule has 0 fully saturated rings. The maximum Gasteiger partial charge on any atom is 0.314 e. The van der Waals surface area contributed by atoms with Gasteiger partial charge < -0.3 is 10.6 Å². The van der Waals surface area contributed by atoms with Crippen molar-refractivity contribution in [2.24, 2.45) is 5.92 Å². The number of nitrogens with zero attached hydrogens (tertiary/aromatic N) is 4. The summed E-state index contributed by atoms with van der Waals surface area (Å²) in [5.41, 5.74) is 4.36. The van der Waals surface area contributed by atoms with Crippen LogP contribution in [0.3, 0.4) is 0 Å². The fraction of sp³-hybridized carbons (Fsp3) is 0.611. The van der Waals surface area contributed by atoms with Crippen molar-refractivity contribution in [2.45, 2.75) is 54.1 Å². The number of carbonyl (C=O) groups excluding carboxylic acids is 1. The van der Waals surface area contributed by atoms with Gasteiger partial charge in [0.2, 0.25) is 0 Å². The van der Waals surface area contributed by atoms with Crippen LogP contribution in [0.2, 0.25) is 0 Å². The van der Waals surface area contributed by atoms with E-state index in [0.717, 1.165) is 42.3 Å². The van der Waals surface area contributed by atoms with Gasteiger partial charge in [0.1, 0.15) is 0 Å². The van der Waals surface area contributed by atoms with Crippen LogP contribution in [0.25, 0.3) is 0 Å². The first-order chi connectivity index (χ1) is 11.8. The van der Waals surface area contributed by atoms with Gasteiger partial charge in [-0.1, -0.05) is 6.92 Å². The summed E-state index contributed by atoms with van der Waals surface area (Å²) >= 11 is 0. The van der Waals surface area contributed by atoms with E-state index in [0.29, 0.717) is 19.0 Å². The van der Waals surface area contributed by atoms with Crippen LogP contribution in [0.5, 0.6) is 0 Å². The molecule has 25 heavy (non-hydrogen) atoms. The fourth-order valence-electron chi connectivity index (χ4n) is 2.88. The second kappa shape index (κ2) is 8.69. The molecular weight excluding hydrogens is 316 g/mol. The molecule has 2 N–H and O–H groups in total. The summed E-state index contributed by atoms with van der Waals surface area (Å²) in [7, 11) is 0. The molecule has 0 bridgehead atoms. The zero-order chi connectivity index (χ0) is 18.4. The van der Waals surface area contributed by atoms with Crippen molar-refractivity contribution >= 4 is 6.03 Å². The molecule has 2 amide bonds. The molecule has 0 aliphatic rings. The summed E-state index contributed by atoms with van der Waals surface area (Å²) in [5.74, 6) is 0.318. The largest absolute Gasteiger partial charge is 0.338 e. The van der Waals surface area contributed by atoms with Crippen LogP contribution in [0.4, 0.5) is 4.79 Å². The van der Waals surface area contributed by atoms with Crippen molar-refractivity contribution in [3.05, 3.63) is 34.9 Å². The molecule has 0 saturated carbocycles. The predicted octanol–water partition coefficient (Wildman–Crippen LogP) is 2.34. The average molecular weight is 346 g/mol. The number of aryl methyl sites for hydroxylation is 5. The second-order valence-electron chi connectivity index (χ2n) is 6.85. The van der Waals surface area contributed by atoms with Crippen molar-refractivity contribution in [3.63, 3.8) is 0 Å². The Hall–Kier alpha value is -2.31. The fourth-order valence-corrected chi connectivity index (χ4v) is 2.88. The number of urea groups is 1. The highest BCUT2D eigenvalue weighted by atomic mass is 16.2. The van der Waals surface area contributed by atoms with Gasteiger partial charge in [0.05, 0.1) is 11.4 Å². The number of rotatable bonds is 8. The van der Waals surface area contributed by atoms with E-state index in [1.165, 1.54) is 0 Å². The summed E-state index contributed by atoms with van der Waals surface area (Å²) in [5, 5.41) is 14.7. The van der Waals surface area contributed by atoms with Gasteiger partial charge in [0.15, 0.2) is 0 Å². The Kier molecular flexibility index (Phi) is 6.61. The lowest BCUT2D eigenvalue weighted by atomic mass is 10.2. The molecule has 2 rings (SSSR count). The van der Waals surface area contributed by atoms with Crippen LogP contribution in [-0.2, 0) is 13.1 Å². The number of aromatic nitrogens is 4. The van der Waals surface area contributed by atoms with Crippen molar-refractivity contribution in [2.75, 3.05) is 13.1 Å². The van der Waals surface area contributed by atoms with Crippen molar-refractivity contribution in [1.82, 2.24) is 30.2 Å². The third-order valence-corrected chi connectivity index (χ3v) is 4.13. The van der Waals surface area contributed by atoms with Crippen molar-refractivity contribution in [3.8, 4) is 0 Å². The van der Waals surface area contributed by atoms with Gasteiger partial charge >= 0.3 is 6.03 Å². The van der Waals surface area contributed by atoms with E-state index >= 15 is 0 Å². The molecule has 0 saturated heterocycles. The van der Waals surface area contributed by atoms with Gasteiger partial charge in [-0.2, -0.15) is 10.2 Å². The first-order valence-corrected chi connectivity index (χ1v) is 8.89. The minimum absolute atomic E-state index is 0.117. The molecule has 0 aromatic carbocycles. The molecule has 0 spiro atoms. The third-order valence-electron chi connectivity index (χ3n) is 4.13. The highest BCUT2D eigenvalue weighted by Gasteiger charge is 2.09. The quantitative estimate of drug-likeness (QED) is 0.720. The first kappa shape index (κ1) is 19.0.